The molecule has 1 aliphatic carbocycles. The van der Waals surface area contributed by atoms with Crippen LogP contribution >= 0.6 is 0 Å². The molecule has 0 saturated carbocycles. The Labute approximate surface area is 94.9 Å². The summed E-state index contributed by atoms with van der Waals surface area (Å²) in [6.07, 6.45) is 10.1. The Morgan fingerprint density at radius 1 is 1.25 bits per heavy atom. The number of allylic oxidation sites excluding steroid dienone is 1. The summed E-state index contributed by atoms with van der Waals surface area (Å²) in [6.45, 7) is 0. The van der Waals surface area contributed by atoms with Crippen molar-refractivity contribution in [1.82, 2.24) is 4.98 Å². The highest BCUT2D eigenvalue weighted by Crippen LogP contribution is 2.23. The van der Waals surface area contributed by atoms with Gasteiger partial charge in [0.1, 0.15) is 11.9 Å². The number of benzene rings is 1. The van der Waals surface area contributed by atoms with Crippen molar-refractivity contribution in [1.29, 1.82) is 0 Å². The van der Waals surface area contributed by atoms with Crippen LogP contribution in [0.4, 0.5) is 0 Å². The third kappa shape index (κ3) is 1.83. The molecular formula is C14H15NO. The summed E-state index contributed by atoms with van der Waals surface area (Å²) < 4.78 is 5.93. The predicted octanol–water partition coefficient (Wildman–Crippen LogP) is 3.66. The Morgan fingerprint density at radius 3 is 3.12 bits per heavy atom. The van der Waals surface area contributed by atoms with Crippen LogP contribution in [0.15, 0.2) is 42.6 Å². The molecule has 0 spiro atoms. The van der Waals surface area contributed by atoms with E-state index in [9.17, 15) is 0 Å². The van der Waals surface area contributed by atoms with E-state index in [1.165, 1.54) is 18.2 Å². The van der Waals surface area contributed by atoms with E-state index in [0.29, 0.717) is 0 Å². The Bertz CT molecular complexity index is 512. The van der Waals surface area contributed by atoms with Gasteiger partial charge in [0.25, 0.3) is 0 Å². The third-order valence-electron chi connectivity index (χ3n) is 3.02. The molecule has 1 unspecified atom stereocenters. The summed E-state index contributed by atoms with van der Waals surface area (Å²) in [6, 6.07) is 8.26. The molecule has 2 nitrogen and oxygen atoms in total. The number of aromatic nitrogens is 1. The molecule has 3 rings (SSSR count). The minimum Gasteiger partial charge on any atom is -0.486 e. The third-order valence-corrected chi connectivity index (χ3v) is 3.02. The van der Waals surface area contributed by atoms with Gasteiger partial charge in [-0.1, -0.05) is 6.08 Å². The monoisotopic (exact) mass is 213 g/mol. The summed E-state index contributed by atoms with van der Waals surface area (Å²) in [5.74, 6) is 0.962. The van der Waals surface area contributed by atoms with Crippen LogP contribution in [-0.2, 0) is 0 Å². The van der Waals surface area contributed by atoms with E-state index in [0.717, 1.165) is 17.7 Å². The summed E-state index contributed by atoms with van der Waals surface area (Å²) >= 11 is 0. The average Bonchev–Trinajstić information content (AvgIpc) is 2.77. The molecule has 2 aromatic rings. The largest absolute Gasteiger partial charge is 0.486 e. The zero-order valence-electron chi connectivity index (χ0n) is 9.15. The van der Waals surface area contributed by atoms with E-state index >= 15 is 0 Å². The maximum absolute atomic E-state index is 5.93. The van der Waals surface area contributed by atoms with E-state index < -0.39 is 0 Å². The van der Waals surface area contributed by atoms with Crippen LogP contribution in [0.25, 0.3) is 10.9 Å². The molecule has 1 N–H and O–H groups in total. The van der Waals surface area contributed by atoms with Gasteiger partial charge in [0.2, 0.25) is 0 Å². The van der Waals surface area contributed by atoms with Gasteiger partial charge in [0.05, 0.1) is 0 Å². The van der Waals surface area contributed by atoms with Crippen molar-refractivity contribution >= 4 is 10.9 Å². The summed E-state index contributed by atoms with van der Waals surface area (Å²) in [5.41, 5.74) is 1.16. The number of hydrogen-bond donors (Lipinski definition) is 1. The van der Waals surface area contributed by atoms with Crippen molar-refractivity contribution in [3.63, 3.8) is 0 Å². The zero-order valence-corrected chi connectivity index (χ0v) is 9.15. The van der Waals surface area contributed by atoms with Crippen LogP contribution in [-0.4, -0.2) is 11.1 Å². The first-order valence-corrected chi connectivity index (χ1v) is 5.82. The van der Waals surface area contributed by atoms with Gasteiger partial charge in [-0.25, -0.2) is 0 Å². The van der Waals surface area contributed by atoms with Crippen molar-refractivity contribution in [2.45, 2.75) is 25.4 Å². The van der Waals surface area contributed by atoms with E-state index in [2.05, 4.69) is 35.3 Å². The second-order valence-corrected chi connectivity index (χ2v) is 4.24. The fourth-order valence-electron chi connectivity index (χ4n) is 2.16. The van der Waals surface area contributed by atoms with Crippen LogP contribution in [0.3, 0.4) is 0 Å². The number of ether oxygens (including phenoxy) is 1. The second kappa shape index (κ2) is 4.05. The van der Waals surface area contributed by atoms with Gasteiger partial charge in [-0.3, -0.25) is 0 Å². The Morgan fingerprint density at radius 2 is 2.25 bits per heavy atom. The van der Waals surface area contributed by atoms with Gasteiger partial charge in [-0.15, -0.1) is 0 Å². The molecule has 1 heterocycles. The smallest absolute Gasteiger partial charge is 0.120 e. The molecule has 1 aliphatic rings. The highest BCUT2D eigenvalue weighted by Gasteiger charge is 2.09. The van der Waals surface area contributed by atoms with E-state index in [-0.39, 0.29) is 6.10 Å². The van der Waals surface area contributed by atoms with Crippen molar-refractivity contribution in [3.8, 4) is 5.75 Å². The van der Waals surface area contributed by atoms with E-state index in [4.69, 9.17) is 4.74 Å². The Hall–Kier alpha value is -1.70. The lowest BCUT2D eigenvalue weighted by Crippen LogP contribution is -2.15. The molecule has 0 radical (unpaired) electrons. The Kier molecular flexibility index (Phi) is 2.41. The van der Waals surface area contributed by atoms with Gasteiger partial charge < -0.3 is 9.72 Å². The maximum Gasteiger partial charge on any atom is 0.120 e. The molecule has 0 bridgehead atoms. The molecule has 0 aliphatic heterocycles. The lowest BCUT2D eigenvalue weighted by atomic mass is 10.1. The lowest BCUT2D eigenvalue weighted by Gasteiger charge is -2.18. The van der Waals surface area contributed by atoms with Crippen LogP contribution < -0.4 is 4.74 Å². The Balaban J connectivity index is 1.82. The van der Waals surface area contributed by atoms with Crippen molar-refractivity contribution in [3.05, 3.63) is 42.6 Å². The van der Waals surface area contributed by atoms with E-state index in [1.54, 1.807) is 0 Å². The predicted molar refractivity (Wildman–Crippen MR) is 65.7 cm³/mol. The minimum absolute atomic E-state index is 0.255. The summed E-state index contributed by atoms with van der Waals surface area (Å²) in [5, 5.41) is 1.21. The van der Waals surface area contributed by atoms with Crippen molar-refractivity contribution in [2.24, 2.45) is 0 Å². The number of hydrogen-bond acceptors (Lipinski definition) is 1. The molecule has 16 heavy (non-hydrogen) atoms. The standard InChI is InChI=1S/C14H15NO/c1-2-4-12(5-3-1)16-13-6-7-14-11(10-13)8-9-15-14/h2,4,6-10,12,15H,1,3,5H2. The number of fused-ring (bicyclic) bond motifs is 1. The molecule has 0 amide bonds. The number of nitrogens with one attached hydrogen (secondary N) is 1. The topological polar surface area (TPSA) is 25.0 Å². The molecule has 0 fully saturated rings. The first-order chi connectivity index (χ1) is 7.92. The molecule has 2 heteroatoms. The fourth-order valence-corrected chi connectivity index (χ4v) is 2.16. The second-order valence-electron chi connectivity index (χ2n) is 4.24. The highest BCUT2D eigenvalue weighted by atomic mass is 16.5. The van der Waals surface area contributed by atoms with Crippen LogP contribution in [0.1, 0.15) is 19.3 Å². The normalized spacial score (nSPS) is 20.1. The van der Waals surface area contributed by atoms with Crippen LogP contribution in [0.2, 0.25) is 0 Å². The first kappa shape index (κ1) is 9.52. The first-order valence-electron chi connectivity index (χ1n) is 5.82. The van der Waals surface area contributed by atoms with Gasteiger partial charge in [-0.2, -0.15) is 0 Å². The molecular weight excluding hydrogens is 198 g/mol. The number of rotatable bonds is 2. The summed E-state index contributed by atoms with van der Waals surface area (Å²) in [7, 11) is 0. The van der Waals surface area contributed by atoms with Crippen molar-refractivity contribution < 1.29 is 4.74 Å². The minimum atomic E-state index is 0.255. The van der Waals surface area contributed by atoms with Gasteiger partial charge >= 0.3 is 0 Å². The molecule has 0 saturated heterocycles. The quantitative estimate of drug-likeness (QED) is 0.757. The van der Waals surface area contributed by atoms with Crippen LogP contribution in [0, 0.1) is 0 Å². The zero-order chi connectivity index (χ0) is 10.8. The summed E-state index contributed by atoms with van der Waals surface area (Å²) in [4.78, 5) is 3.18. The molecule has 1 aromatic heterocycles. The molecule has 1 atom stereocenters. The average molecular weight is 213 g/mol. The van der Waals surface area contributed by atoms with Crippen LogP contribution in [0.5, 0.6) is 5.75 Å². The fraction of sp³-hybridized carbons (Fsp3) is 0.286. The lowest BCUT2D eigenvalue weighted by molar-refractivity contribution is 0.230. The molecule has 1 aromatic carbocycles. The van der Waals surface area contributed by atoms with Gasteiger partial charge in [-0.05, 0) is 49.6 Å². The SMILES string of the molecule is C1=CC(Oc2ccc3[nH]ccc3c2)CCC1. The maximum atomic E-state index is 5.93. The number of H-pyrrole nitrogens is 1. The van der Waals surface area contributed by atoms with E-state index in [1.807, 2.05) is 12.3 Å². The van der Waals surface area contributed by atoms with Crippen molar-refractivity contribution in [2.75, 3.05) is 0 Å². The highest BCUT2D eigenvalue weighted by molar-refractivity contribution is 5.80. The van der Waals surface area contributed by atoms with Gasteiger partial charge in [0, 0.05) is 17.1 Å². The number of aromatic amines is 1. The molecule has 82 valence electrons. The van der Waals surface area contributed by atoms with Gasteiger partial charge in [0.15, 0.2) is 0 Å².